The van der Waals surface area contributed by atoms with Gasteiger partial charge in [-0.15, -0.1) is 0 Å². The van der Waals surface area contributed by atoms with Gasteiger partial charge in [0, 0.05) is 41.4 Å². The average Bonchev–Trinajstić information content (AvgIpc) is 3.01. The van der Waals surface area contributed by atoms with Crippen LogP contribution in [0.15, 0.2) is 47.7 Å². The van der Waals surface area contributed by atoms with Crippen molar-refractivity contribution in [1.29, 1.82) is 0 Å². The summed E-state index contributed by atoms with van der Waals surface area (Å²) in [5.74, 6) is -8.66. The van der Waals surface area contributed by atoms with E-state index in [1.54, 1.807) is 33.8 Å². The molecule has 5 aliphatic rings. The summed E-state index contributed by atoms with van der Waals surface area (Å²) in [5.41, 5.74) is -2.52. The van der Waals surface area contributed by atoms with Crippen molar-refractivity contribution in [3.8, 4) is 11.5 Å². The number of rotatable bonds is 0. The maximum Gasteiger partial charge on any atom is 0.248 e. The number of amides is 1. The summed E-state index contributed by atoms with van der Waals surface area (Å²) in [6.45, 7) is 9.30. The van der Waals surface area contributed by atoms with Crippen LogP contribution in [0.1, 0.15) is 71.3 Å². The molecule has 1 aromatic rings. The average molecular weight is 640 g/mol. The number of Topliss-reactive ketones (excluding diaryl/α,β-unsaturated/α-hetero) is 2. The third-order valence-corrected chi connectivity index (χ3v) is 9.49. The fourth-order valence-electron chi connectivity index (χ4n) is 6.49. The molecule has 12 nitrogen and oxygen atoms in total. The van der Waals surface area contributed by atoms with E-state index in [4.69, 9.17) is 4.74 Å². The largest absolute Gasteiger partial charge is 0.507 e. The molecule has 4 heterocycles. The lowest BCUT2D eigenvalue weighted by atomic mass is 9.75. The van der Waals surface area contributed by atoms with Crippen LogP contribution in [0.25, 0.3) is 0 Å². The number of aliphatic hydroxyl groups excluding tert-OH is 4. The van der Waals surface area contributed by atoms with Crippen LogP contribution in [0.4, 0.5) is 0 Å². The molecule has 0 saturated carbocycles. The Hall–Kier alpha value is -3.94. The second-order valence-electron chi connectivity index (χ2n) is 12.6. The van der Waals surface area contributed by atoms with E-state index in [1.807, 2.05) is 0 Å². The van der Waals surface area contributed by atoms with Crippen LogP contribution in [0.5, 0.6) is 11.5 Å². The Morgan fingerprint density at radius 3 is 1.96 bits per heavy atom. The maximum atomic E-state index is 13.8. The zero-order valence-electron chi connectivity index (χ0n) is 26.5. The van der Waals surface area contributed by atoms with E-state index >= 15 is 0 Å². The minimum absolute atomic E-state index is 0.113. The lowest BCUT2D eigenvalue weighted by molar-refractivity contribution is -0.254. The summed E-state index contributed by atoms with van der Waals surface area (Å²) in [4.78, 5) is 53.2. The Morgan fingerprint density at radius 1 is 0.739 bits per heavy atom. The standard InChI is InChI=1S/C34H41NO11/c1-13-9-7-8-10-22(37)35-20-12-21(36)23-24(30(42)16(4)31(43)25(23)32(20)44)27(39)14(2)11-19-29(41)18(6)33(46-34(19)45)17(5)28(40)15(3)26(13)38/h7-13,15,17-19,26,28-29,33-34,38,40-43,45H,1-6H3,(H,35,37)/b9-7+,10-8-,14-11-/t13-,15+,17-,18-,19-,26-,28-,29+,33+,34?/m0/s1. The highest BCUT2D eigenvalue weighted by Gasteiger charge is 2.46. The predicted molar refractivity (Wildman–Crippen MR) is 165 cm³/mol. The molecule has 46 heavy (non-hydrogen) atoms. The van der Waals surface area contributed by atoms with Crippen LogP contribution in [-0.4, -0.2) is 84.6 Å². The summed E-state index contributed by atoms with van der Waals surface area (Å²) in [6.07, 6.45) is 1.72. The molecular weight excluding hydrogens is 598 g/mol. The number of allylic oxidation sites excluding steroid dienone is 5. The van der Waals surface area contributed by atoms with E-state index < -0.39 is 117 Å². The normalized spacial score (nSPS) is 36.9. The fourth-order valence-corrected chi connectivity index (χ4v) is 6.49. The summed E-state index contributed by atoms with van der Waals surface area (Å²) >= 11 is 0. The zero-order valence-corrected chi connectivity index (χ0v) is 26.5. The second-order valence-corrected chi connectivity index (χ2v) is 12.6. The highest BCUT2D eigenvalue weighted by Crippen LogP contribution is 2.42. The van der Waals surface area contributed by atoms with Gasteiger partial charge < -0.3 is 40.7 Å². The van der Waals surface area contributed by atoms with Crippen LogP contribution in [0, 0.1) is 36.5 Å². The van der Waals surface area contributed by atoms with Crippen LogP contribution < -0.4 is 5.32 Å². The molecule has 1 saturated heterocycles. The van der Waals surface area contributed by atoms with Crippen molar-refractivity contribution in [2.45, 2.75) is 72.2 Å². The second kappa shape index (κ2) is 13.4. The Bertz CT molecular complexity index is 1570. The Labute approximate surface area is 266 Å². The summed E-state index contributed by atoms with van der Waals surface area (Å²) in [7, 11) is 0. The van der Waals surface area contributed by atoms with E-state index in [0.717, 1.165) is 12.2 Å². The van der Waals surface area contributed by atoms with Crippen molar-refractivity contribution in [2.24, 2.45) is 29.6 Å². The van der Waals surface area contributed by atoms with Gasteiger partial charge in [-0.25, -0.2) is 0 Å². The van der Waals surface area contributed by atoms with Gasteiger partial charge in [0.25, 0.3) is 0 Å². The number of phenols is 2. The lowest BCUT2D eigenvalue weighted by Gasteiger charge is -2.45. The maximum absolute atomic E-state index is 13.8. The third-order valence-electron chi connectivity index (χ3n) is 9.49. The number of nitrogens with one attached hydrogen (secondary N) is 1. The van der Waals surface area contributed by atoms with Crippen LogP contribution in [0.3, 0.4) is 0 Å². The number of hydrogen-bond donors (Lipinski definition) is 7. The first-order valence-corrected chi connectivity index (χ1v) is 15.1. The van der Waals surface area contributed by atoms with Gasteiger partial charge in [-0.2, -0.15) is 0 Å². The SMILES string of the molecule is C/C1=C/[C@@H]2C(O)O[C@H]([C@@H](C)[C@@H](O)[C@H](C)[C@@H](O)[C@@H](C)/C=C/C=C\C(=O)NC3=CC(=O)c4c(c(O)c(C)c(O)c4C1=O)C3=O)[C@@H](C)[C@H]2O. The minimum Gasteiger partial charge on any atom is -0.507 e. The van der Waals surface area contributed by atoms with Gasteiger partial charge in [0.15, 0.2) is 17.9 Å². The molecule has 248 valence electrons. The van der Waals surface area contributed by atoms with Gasteiger partial charge in [-0.3, -0.25) is 19.2 Å². The fraction of sp³-hybridized carbons (Fsp3) is 0.471. The number of ether oxygens (including phenoxy) is 1. The number of ketones is 3. The van der Waals surface area contributed by atoms with Crippen LogP contribution in [-0.2, 0) is 9.53 Å². The molecule has 10 atom stereocenters. The Morgan fingerprint density at radius 2 is 1.33 bits per heavy atom. The number of phenolic OH excluding ortho intramolecular Hbond substituents is 2. The zero-order chi connectivity index (χ0) is 34.4. The molecule has 4 aliphatic heterocycles. The van der Waals surface area contributed by atoms with Crippen molar-refractivity contribution < 1.29 is 54.6 Å². The molecule has 1 aromatic carbocycles. The molecule has 1 aliphatic carbocycles. The lowest BCUT2D eigenvalue weighted by Crippen LogP contribution is -2.54. The van der Waals surface area contributed by atoms with Gasteiger partial charge in [0.1, 0.15) is 11.5 Å². The molecule has 1 unspecified atom stereocenters. The van der Waals surface area contributed by atoms with E-state index in [2.05, 4.69) is 5.32 Å². The van der Waals surface area contributed by atoms with E-state index in [1.165, 1.54) is 32.1 Å². The van der Waals surface area contributed by atoms with Gasteiger partial charge >= 0.3 is 0 Å². The molecule has 6 rings (SSSR count). The molecule has 7 N–H and O–H groups in total. The van der Waals surface area contributed by atoms with Crippen molar-refractivity contribution >= 4 is 23.3 Å². The monoisotopic (exact) mass is 639 g/mol. The highest BCUT2D eigenvalue weighted by molar-refractivity contribution is 6.31. The van der Waals surface area contributed by atoms with Gasteiger partial charge in [0.05, 0.1) is 52.7 Å². The predicted octanol–water partition coefficient (Wildman–Crippen LogP) is 2.00. The smallest absolute Gasteiger partial charge is 0.248 e. The van der Waals surface area contributed by atoms with E-state index in [-0.39, 0.29) is 11.1 Å². The number of aromatic hydroxyl groups is 2. The summed E-state index contributed by atoms with van der Waals surface area (Å²) < 4.78 is 5.88. The third kappa shape index (κ3) is 6.23. The van der Waals surface area contributed by atoms with E-state index in [0.29, 0.717) is 0 Å². The topological polar surface area (TPSA) is 211 Å². The number of benzene rings is 1. The first kappa shape index (κ1) is 34.9. The number of carbonyl (C=O) groups is 4. The van der Waals surface area contributed by atoms with Crippen molar-refractivity contribution in [3.63, 3.8) is 0 Å². The molecule has 6 bridgehead atoms. The quantitative estimate of drug-likeness (QED) is 0.218. The molecule has 0 aromatic heterocycles. The molecular formula is C34H41NO11. The molecule has 12 heteroatoms. The number of aliphatic hydroxyl groups is 4. The first-order valence-electron chi connectivity index (χ1n) is 15.1. The number of hydrogen-bond acceptors (Lipinski definition) is 11. The Kier molecular flexibility index (Phi) is 10.2. The number of fused-ring (bicyclic) bond motifs is 1. The molecule has 0 spiro atoms. The molecule has 0 radical (unpaired) electrons. The van der Waals surface area contributed by atoms with Gasteiger partial charge in [-0.1, -0.05) is 52.0 Å². The summed E-state index contributed by atoms with van der Waals surface area (Å²) in [5, 5.41) is 68.4. The minimum atomic E-state index is -1.62. The van der Waals surface area contributed by atoms with Gasteiger partial charge in [0.2, 0.25) is 11.7 Å². The van der Waals surface area contributed by atoms with E-state index in [9.17, 15) is 49.8 Å². The highest BCUT2D eigenvalue weighted by atomic mass is 16.6. The van der Waals surface area contributed by atoms with Crippen LogP contribution in [0.2, 0.25) is 0 Å². The first-order chi connectivity index (χ1) is 21.5. The molecule has 1 fully saturated rings. The van der Waals surface area contributed by atoms with Crippen molar-refractivity contribution in [2.75, 3.05) is 0 Å². The Balaban J connectivity index is 1.86. The number of carbonyl (C=O) groups excluding carboxylic acids is 4. The van der Waals surface area contributed by atoms with Crippen molar-refractivity contribution in [3.05, 3.63) is 70.0 Å². The molecule has 1 amide bonds. The van der Waals surface area contributed by atoms with Crippen molar-refractivity contribution in [1.82, 2.24) is 5.32 Å². The van der Waals surface area contributed by atoms with Gasteiger partial charge in [-0.05, 0) is 19.4 Å². The summed E-state index contributed by atoms with van der Waals surface area (Å²) in [6, 6.07) is 0. The van der Waals surface area contributed by atoms with Crippen LogP contribution >= 0.6 is 0 Å².